The van der Waals surface area contributed by atoms with Crippen molar-refractivity contribution >= 4 is 40.9 Å². The number of methoxy groups -OCH3 is 1. The number of nitrogens with one attached hydrogen (secondary N) is 2. The molecule has 1 aromatic carbocycles. The first kappa shape index (κ1) is 18.4. The van der Waals surface area contributed by atoms with Crippen LogP contribution in [0.4, 0.5) is 0 Å². The Labute approximate surface area is 141 Å². The second-order valence-corrected chi connectivity index (χ2v) is 5.32. The maximum atomic E-state index is 11.8. The molecule has 0 aliphatic heterocycles. The Morgan fingerprint density at radius 3 is 2.95 bits per heavy atom. The van der Waals surface area contributed by atoms with Crippen LogP contribution in [0.2, 0.25) is 5.02 Å². The van der Waals surface area contributed by atoms with Gasteiger partial charge in [0.1, 0.15) is 0 Å². The summed E-state index contributed by atoms with van der Waals surface area (Å²) in [6.07, 6.45) is 3.95. The van der Waals surface area contributed by atoms with Crippen LogP contribution < -0.4 is 10.7 Å². The maximum absolute atomic E-state index is 11.8. The standard InChI is InChI=1S/C15H20ClN3O2S/c1-19(15(22)17-9-4-10-21-2)18-14(20)8-7-12-5-3-6-13(16)11-12/h3,5-8,11H,4,9-10H2,1-2H3,(H,17,22)(H,18,20)/b8-7+. The highest BCUT2D eigenvalue weighted by molar-refractivity contribution is 7.80. The van der Waals surface area contributed by atoms with Gasteiger partial charge in [0, 0.05) is 38.4 Å². The van der Waals surface area contributed by atoms with Gasteiger partial charge < -0.3 is 10.1 Å². The highest BCUT2D eigenvalue weighted by Crippen LogP contribution is 2.11. The van der Waals surface area contributed by atoms with Gasteiger partial charge >= 0.3 is 0 Å². The van der Waals surface area contributed by atoms with Crippen molar-refractivity contribution in [1.82, 2.24) is 15.8 Å². The molecule has 22 heavy (non-hydrogen) atoms. The third-order valence-electron chi connectivity index (χ3n) is 2.66. The molecule has 0 spiro atoms. The molecule has 1 rings (SSSR count). The van der Waals surface area contributed by atoms with E-state index in [0.29, 0.717) is 23.3 Å². The minimum atomic E-state index is -0.275. The van der Waals surface area contributed by atoms with Crippen LogP contribution in [0.1, 0.15) is 12.0 Å². The van der Waals surface area contributed by atoms with Crippen LogP contribution in [0.25, 0.3) is 6.08 Å². The van der Waals surface area contributed by atoms with E-state index in [2.05, 4.69) is 10.7 Å². The highest BCUT2D eigenvalue weighted by Gasteiger charge is 2.05. The number of hydrogen-bond acceptors (Lipinski definition) is 3. The van der Waals surface area contributed by atoms with E-state index in [-0.39, 0.29) is 5.91 Å². The Morgan fingerprint density at radius 2 is 2.27 bits per heavy atom. The summed E-state index contributed by atoms with van der Waals surface area (Å²) >= 11 is 11.0. The number of nitrogens with zero attached hydrogens (tertiary/aromatic N) is 1. The summed E-state index contributed by atoms with van der Waals surface area (Å²) in [6.45, 7) is 1.35. The van der Waals surface area contributed by atoms with E-state index in [4.69, 9.17) is 28.6 Å². The lowest BCUT2D eigenvalue weighted by molar-refractivity contribution is -0.119. The van der Waals surface area contributed by atoms with E-state index in [0.717, 1.165) is 12.0 Å². The molecule has 7 heteroatoms. The highest BCUT2D eigenvalue weighted by atomic mass is 35.5. The molecule has 2 N–H and O–H groups in total. The van der Waals surface area contributed by atoms with Crippen LogP contribution in [0.5, 0.6) is 0 Å². The van der Waals surface area contributed by atoms with Crippen molar-refractivity contribution in [2.75, 3.05) is 27.3 Å². The molecule has 120 valence electrons. The quantitative estimate of drug-likeness (QED) is 0.360. The smallest absolute Gasteiger partial charge is 0.262 e. The van der Waals surface area contributed by atoms with Gasteiger partial charge in [-0.25, -0.2) is 0 Å². The summed E-state index contributed by atoms with van der Waals surface area (Å²) in [6, 6.07) is 7.24. The summed E-state index contributed by atoms with van der Waals surface area (Å²) in [5, 5.41) is 5.56. The van der Waals surface area contributed by atoms with E-state index in [1.807, 2.05) is 12.1 Å². The van der Waals surface area contributed by atoms with Gasteiger partial charge in [-0.3, -0.25) is 15.2 Å². The zero-order chi connectivity index (χ0) is 16.4. The lowest BCUT2D eigenvalue weighted by Gasteiger charge is -2.20. The fraction of sp³-hybridized carbons (Fsp3) is 0.333. The van der Waals surface area contributed by atoms with Crippen molar-refractivity contribution in [3.05, 3.63) is 40.9 Å². The molecule has 0 unspecified atom stereocenters. The minimum absolute atomic E-state index is 0.275. The van der Waals surface area contributed by atoms with E-state index in [1.165, 1.54) is 11.1 Å². The lowest BCUT2D eigenvalue weighted by atomic mass is 10.2. The minimum Gasteiger partial charge on any atom is -0.385 e. The summed E-state index contributed by atoms with van der Waals surface area (Å²) in [5.41, 5.74) is 3.50. The van der Waals surface area contributed by atoms with E-state index in [1.54, 1.807) is 32.4 Å². The number of rotatable bonds is 6. The molecule has 0 aliphatic rings. The number of ether oxygens (including phenoxy) is 1. The van der Waals surface area contributed by atoms with Crippen LogP contribution in [0, 0.1) is 0 Å². The van der Waals surface area contributed by atoms with Gasteiger partial charge in [-0.1, -0.05) is 23.7 Å². The first-order valence-electron chi connectivity index (χ1n) is 6.77. The number of thiocarbonyl (C=S) groups is 1. The van der Waals surface area contributed by atoms with Crippen molar-refractivity contribution in [2.45, 2.75) is 6.42 Å². The van der Waals surface area contributed by atoms with Gasteiger partial charge in [-0.05, 0) is 42.4 Å². The zero-order valence-electron chi connectivity index (χ0n) is 12.6. The lowest BCUT2D eigenvalue weighted by Crippen LogP contribution is -2.47. The molecule has 0 aliphatic carbocycles. The second kappa shape index (κ2) is 10.2. The Kier molecular flexibility index (Phi) is 8.50. The number of hydrazine groups is 1. The topological polar surface area (TPSA) is 53.6 Å². The van der Waals surface area contributed by atoms with Gasteiger partial charge in [0.25, 0.3) is 5.91 Å². The second-order valence-electron chi connectivity index (χ2n) is 4.50. The Balaban J connectivity index is 2.38. The van der Waals surface area contributed by atoms with Crippen molar-refractivity contribution in [3.8, 4) is 0 Å². The molecular formula is C15H20ClN3O2S. The van der Waals surface area contributed by atoms with E-state index >= 15 is 0 Å². The molecule has 1 amide bonds. The first-order valence-corrected chi connectivity index (χ1v) is 7.56. The molecule has 0 saturated heterocycles. The van der Waals surface area contributed by atoms with Gasteiger partial charge in [0.2, 0.25) is 0 Å². The summed E-state index contributed by atoms with van der Waals surface area (Å²) in [7, 11) is 3.33. The first-order chi connectivity index (χ1) is 10.5. The number of hydrogen-bond donors (Lipinski definition) is 2. The number of carbonyl (C=O) groups is 1. The number of carbonyl (C=O) groups excluding carboxylic acids is 1. The van der Waals surface area contributed by atoms with E-state index < -0.39 is 0 Å². The fourth-order valence-electron chi connectivity index (χ4n) is 1.57. The number of benzene rings is 1. The predicted octanol–water partition coefficient (Wildman–Crippen LogP) is 2.23. The summed E-state index contributed by atoms with van der Waals surface area (Å²) < 4.78 is 4.95. The maximum Gasteiger partial charge on any atom is 0.262 e. The van der Waals surface area contributed by atoms with Crippen LogP contribution in [0.15, 0.2) is 30.3 Å². The van der Waals surface area contributed by atoms with Gasteiger partial charge in [-0.2, -0.15) is 0 Å². The summed E-state index contributed by atoms with van der Waals surface area (Å²) in [5.74, 6) is -0.275. The van der Waals surface area contributed by atoms with Crippen LogP contribution in [-0.2, 0) is 9.53 Å². The monoisotopic (exact) mass is 341 g/mol. The SMILES string of the molecule is COCCCNC(=S)N(C)NC(=O)/C=C/c1cccc(Cl)c1. The fourth-order valence-corrected chi connectivity index (χ4v) is 1.91. The molecule has 1 aromatic rings. The Bertz CT molecular complexity index is 537. The average Bonchev–Trinajstić information content (AvgIpc) is 2.49. The average molecular weight is 342 g/mol. The van der Waals surface area contributed by atoms with Crippen molar-refractivity contribution < 1.29 is 9.53 Å². The molecule has 0 heterocycles. The van der Waals surface area contributed by atoms with E-state index in [9.17, 15) is 4.79 Å². The third-order valence-corrected chi connectivity index (χ3v) is 3.31. The summed E-state index contributed by atoms with van der Waals surface area (Å²) in [4.78, 5) is 11.8. The Hall–Kier alpha value is -1.63. The van der Waals surface area contributed by atoms with Crippen LogP contribution >= 0.6 is 23.8 Å². The zero-order valence-corrected chi connectivity index (χ0v) is 14.2. The van der Waals surface area contributed by atoms with Crippen molar-refractivity contribution in [2.24, 2.45) is 0 Å². The largest absolute Gasteiger partial charge is 0.385 e. The van der Waals surface area contributed by atoms with Crippen LogP contribution in [0.3, 0.4) is 0 Å². The normalized spacial score (nSPS) is 10.5. The molecular weight excluding hydrogens is 322 g/mol. The molecule has 0 atom stereocenters. The molecule has 5 nitrogen and oxygen atoms in total. The predicted molar refractivity (Wildman–Crippen MR) is 93.5 cm³/mol. The van der Waals surface area contributed by atoms with Gasteiger partial charge in [0.15, 0.2) is 5.11 Å². The van der Waals surface area contributed by atoms with Gasteiger partial charge in [0.05, 0.1) is 0 Å². The number of amides is 1. The Morgan fingerprint density at radius 1 is 1.50 bits per heavy atom. The van der Waals surface area contributed by atoms with Crippen molar-refractivity contribution in [1.29, 1.82) is 0 Å². The molecule has 0 aromatic heterocycles. The number of halogens is 1. The molecule has 0 bridgehead atoms. The molecule has 0 radical (unpaired) electrons. The van der Waals surface area contributed by atoms with Crippen LogP contribution in [-0.4, -0.2) is 43.3 Å². The van der Waals surface area contributed by atoms with Crippen molar-refractivity contribution in [3.63, 3.8) is 0 Å². The third kappa shape index (κ3) is 7.40. The van der Waals surface area contributed by atoms with Gasteiger partial charge in [-0.15, -0.1) is 0 Å². The molecule has 0 fully saturated rings. The molecule has 0 saturated carbocycles.